The molecule has 2 amide bonds. The van der Waals surface area contributed by atoms with E-state index < -0.39 is 0 Å². The van der Waals surface area contributed by atoms with Crippen LogP contribution in [0.4, 0.5) is 11.4 Å². The first-order valence-electron chi connectivity index (χ1n) is 12.3. The zero-order valence-corrected chi connectivity index (χ0v) is 21.5. The molecular weight excluding hydrogens is 492 g/mol. The number of nitrogens with one attached hydrogen (secondary N) is 2. The molecular formula is C25H28N8O3S. The van der Waals surface area contributed by atoms with Gasteiger partial charge in [-0.25, -0.2) is 4.52 Å². The SMILES string of the molecule is Cc1ncc(NC(=O)CN2CCOCC23CCC3)cc1NC(=O)c1cnn2cc(-c3cnn(C)c3)sc12. The van der Waals surface area contributed by atoms with E-state index in [1.807, 2.05) is 26.4 Å². The summed E-state index contributed by atoms with van der Waals surface area (Å²) in [4.78, 5) is 34.4. The van der Waals surface area contributed by atoms with Crippen LogP contribution in [-0.2, 0) is 16.6 Å². The molecule has 5 heterocycles. The van der Waals surface area contributed by atoms with E-state index in [0.29, 0.717) is 42.4 Å². The number of fused-ring (bicyclic) bond motifs is 1. The molecule has 2 fully saturated rings. The molecule has 4 aromatic rings. The molecule has 1 saturated heterocycles. The fraction of sp³-hybridized carbons (Fsp3) is 0.400. The van der Waals surface area contributed by atoms with Crippen molar-refractivity contribution in [1.29, 1.82) is 0 Å². The minimum atomic E-state index is -0.289. The lowest BCUT2D eigenvalue weighted by Gasteiger charge is -2.52. The Labute approximate surface area is 217 Å². The van der Waals surface area contributed by atoms with Crippen LogP contribution in [0.25, 0.3) is 15.3 Å². The van der Waals surface area contributed by atoms with Gasteiger partial charge in [0.2, 0.25) is 5.91 Å². The van der Waals surface area contributed by atoms with Crippen molar-refractivity contribution in [2.75, 3.05) is 36.9 Å². The molecule has 2 aliphatic rings. The van der Waals surface area contributed by atoms with Crippen LogP contribution < -0.4 is 10.6 Å². The van der Waals surface area contributed by atoms with Crippen molar-refractivity contribution in [1.82, 2.24) is 29.3 Å². The Morgan fingerprint density at radius 3 is 2.78 bits per heavy atom. The Hall–Kier alpha value is -3.61. The van der Waals surface area contributed by atoms with Crippen LogP contribution >= 0.6 is 11.3 Å². The van der Waals surface area contributed by atoms with E-state index in [9.17, 15) is 9.59 Å². The van der Waals surface area contributed by atoms with Crippen molar-refractivity contribution in [3.05, 3.63) is 48.3 Å². The van der Waals surface area contributed by atoms with Crippen LogP contribution in [0.3, 0.4) is 0 Å². The van der Waals surface area contributed by atoms with E-state index in [0.717, 1.165) is 34.7 Å². The number of hydrogen-bond donors (Lipinski definition) is 2. The summed E-state index contributed by atoms with van der Waals surface area (Å²) in [5, 5.41) is 14.4. The molecule has 1 spiro atoms. The Balaban J connectivity index is 1.15. The molecule has 0 radical (unpaired) electrons. The van der Waals surface area contributed by atoms with Crippen molar-refractivity contribution < 1.29 is 14.3 Å². The number of amides is 2. The summed E-state index contributed by atoms with van der Waals surface area (Å²) < 4.78 is 9.11. The average molecular weight is 521 g/mol. The molecule has 6 rings (SSSR count). The normalized spacial score (nSPS) is 17.1. The smallest absolute Gasteiger partial charge is 0.260 e. The second-order valence-electron chi connectivity index (χ2n) is 9.72. The van der Waals surface area contributed by atoms with Gasteiger partial charge in [-0.2, -0.15) is 10.2 Å². The third kappa shape index (κ3) is 4.52. The fourth-order valence-corrected chi connectivity index (χ4v) is 6.01. The molecule has 0 aromatic carbocycles. The molecule has 0 atom stereocenters. The van der Waals surface area contributed by atoms with Crippen LogP contribution in [0.5, 0.6) is 0 Å². The average Bonchev–Trinajstić information content (AvgIpc) is 3.56. The number of ether oxygens (including phenoxy) is 1. The topological polar surface area (TPSA) is 119 Å². The van der Waals surface area contributed by atoms with Gasteiger partial charge in [0.05, 0.1) is 65.9 Å². The van der Waals surface area contributed by atoms with Crippen LogP contribution in [0.1, 0.15) is 35.3 Å². The third-order valence-corrected chi connectivity index (χ3v) is 8.38. The van der Waals surface area contributed by atoms with Gasteiger partial charge >= 0.3 is 0 Å². The number of anilines is 2. The quantitative estimate of drug-likeness (QED) is 0.401. The minimum absolute atomic E-state index is 0.00978. The van der Waals surface area contributed by atoms with Gasteiger partial charge in [-0.05, 0) is 32.3 Å². The van der Waals surface area contributed by atoms with E-state index in [2.05, 4.69) is 30.7 Å². The van der Waals surface area contributed by atoms with Crippen molar-refractivity contribution in [3.8, 4) is 10.4 Å². The lowest BCUT2D eigenvalue weighted by atomic mass is 9.75. The highest BCUT2D eigenvalue weighted by atomic mass is 32.1. The Bertz CT molecular complexity index is 1480. The van der Waals surface area contributed by atoms with E-state index in [1.54, 1.807) is 33.9 Å². The van der Waals surface area contributed by atoms with E-state index in [1.165, 1.54) is 17.8 Å². The zero-order chi connectivity index (χ0) is 25.6. The molecule has 1 aliphatic heterocycles. The molecule has 2 N–H and O–H groups in total. The van der Waals surface area contributed by atoms with Crippen LogP contribution in [-0.4, -0.2) is 72.9 Å². The largest absolute Gasteiger partial charge is 0.378 e. The van der Waals surface area contributed by atoms with Gasteiger partial charge in [-0.15, -0.1) is 11.3 Å². The molecule has 1 aliphatic carbocycles. The zero-order valence-electron chi connectivity index (χ0n) is 20.7. The van der Waals surface area contributed by atoms with Crippen LogP contribution in [0.15, 0.2) is 37.1 Å². The molecule has 192 valence electrons. The number of thiazole rings is 1. The minimum Gasteiger partial charge on any atom is -0.378 e. The first kappa shape index (κ1) is 23.8. The van der Waals surface area contributed by atoms with Crippen molar-refractivity contribution in [3.63, 3.8) is 0 Å². The lowest BCUT2D eigenvalue weighted by molar-refractivity contribution is -0.131. The number of carbonyl (C=O) groups is 2. The Morgan fingerprint density at radius 1 is 1.16 bits per heavy atom. The summed E-state index contributed by atoms with van der Waals surface area (Å²) in [7, 11) is 1.86. The molecule has 12 heteroatoms. The summed E-state index contributed by atoms with van der Waals surface area (Å²) in [5.74, 6) is -0.390. The number of carbonyl (C=O) groups excluding carboxylic acids is 2. The molecule has 11 nitrogen and oxygen atoms in total. The molecule has 4 aromatic heterocycles. The lowest BCUT2D eigenvalue weighted by Crippen LogP contribution is -2.62. The van der Waals surface area contributed by atoms with Gasteiger partial charge in [0.15, 0.2) is 0 Å². The summed E-state index contributed by atoms with van der Waals surface area (Å²) in [6.45, 7) is 4.22. The van der Waals surface area contributed by atoms with E-state index in [-0.39, 0.29) is 17.4 Å². The number of aryl methyl sites for hydroxylation is 2. The summed E-state index contributed by atoms with van der Waals surface area (Å²) in [5.41, 5.74) is 3.17. The standard InChI is InChI=1S/C25H28N8O3S/c1-16-20(8-18(10-26-16)29-22(34)14-32-6-7-36-15-25(32)4-3-5-25)30-23(35)19-11-28-33-13-21(37-24(19)33)17-9-27-31(2)12-17/h8-13H,3-7,14-15H2,1-2H3,(H,29,34)(H,30,35). The highest BCUT2D eigenvalue weighted by molar-refractivity contribution is 7.21. The third-order valence-electron chi connectivity index (χ3n) is 7.21. The maximum Gasteiger partial charge on any atom is 0.260 e. The van der Waals surface area contributed by atoms with Gasteiger partial charge in [0.25, 0.3) is 5.91 Å². The molecule has 0 unspecified atom stereocenters. The number of pyridine rings is 1. The van der Waals surface area contributed by atoms with Gasteiger partial charge in [-0.3, -0.25) is 24.2 Å². The summed E-state index contributed by atoms with van der Waals surface area (Å²) in [6, 6.07) is 1.74. The predicted molar refractivity (Wildman–Crippen MR) is 140 cm³/mol. The molecule has 37 heavy (non-hydrogen) atoms. The number of aromatic nitrogens is 5. The van der Waals surface area contributed by atoms with Gasteiger partial charge in [0.1, 0.15) is 4.83 Å². The highest BCUT2D eigenvalue weighted by Crippen LogP contribution is 2.39. The number of rotatable bonds is 6. The molecule has 1 saturated carbocycles. The highest BCUT2D eigenvalue weighted by Gasteiger charge is 2.45. The second kappa shape index (κ2) is 9.36. The van der Waals surface area contributed by atoms with Crippen LogP contribution in [0, 0.1) is 6.92 Å². The maximum atomic E-state index is 13.2. The van der Waals surface area contributed by atoms with Gasteiger partial charge in [0, 0.05) is 37.1 Å². The first-order valence-corrected chi connectivity index (χ1v) is 13.1. The van der Waals surface area contributed by atoms with Crippen molar-refractivity contribution >= 4 is 39.4 Å². The molecule has 0 bridgehead atoms. The van der Waals surface area contributed by atoms with Gasteiger partial charge in [-0.1, -0.05) is 0 Å². The monoisotopic (exact) mass is 520 g/mol. The summed E-state index contributed by atoms with van der Waals surface area (Å²) in [6.07, 6.45) is 12.1. The maximum absolute atomic E-state index is 13.2. The first-order chi connectivity index (χ1) is 17.9. The van der Waals surface area contributed by atoms with Crippen molar-refractivity contribution in [2.24, 2.45) is 7.05 Å². The van der Waals surface area contributed by atoms with Crippen molar-refractivity contribution in [2.45, 2.75) is 31.7 Å². The number of nitrogens with zero attached hydrogens (tertiary/aromatic N) is 6. The van der Waals surface area contributed by atoms with Gasteiger partial charge < -0.3 is 15.4 Å². The van der Waals surface area contributed by atoms with Crippen LogP contribution in [0.2, 0.25) is 0 Å². The second-order valence-corrected chi connectivity index (χ2v) is 10.7. The fourth-order valence-electron chi connectivity index (χ4n) is 4.97. The predicted octanol–water partition coefficient (Wildman–Crippen LogP) is 2.95. The Kier molecular flexibility index (Phi) is 6.01. The van der Waals surface area contributed by atoms with E-state index >= 15 is 0 Å². The number of hydrogen-bond acceptors (Lipinski definition) is 8. The summed E-state index contributed by atoms with van der Waals surface area (Å²) >= 11 is 1.47. The number of morpholine rings is 1. The van der Waals surface area contributed by atoms with E-state index in [4.69, 9.17) is 4.74 Å². The Morgan fingerprint density at radius 2 is 2.03 bits per heavy atom.